The van der Waals surface area contributed by atoms with Crippen molar-refractivity contribution in [3.8, 4) is 0 Å². The summed E-state index contributed by atoms with van der Waals surface area (Å²) in [7, 11) is 0. The molecule has 0 aliphatic carbocycles. The van der Waals surface area contributed by atoms with Crippen LogP contribution in [0, 0.1) is 0 Å². The van der Waals surface area contributed by atoms with Gasteiger partial charge in [-0.25, -0.2) is 0 Å². The highest BCUT2D eigenvalue weighted by molar-refractivity contribution is 6.20. The fraction of sp³-hybridized carbons (Fsp3) is 0.625. The Morgan fingerprint density at radius 3 is 2.33 bits per heavy atom. The molecule has 0 bridgehead atoms. The van der Waals surface area contributed by atoms with Crippen molar-refractivity contribution in [3.05, 3.63) is 35.4 Å². The Morgan fingerprint density at radius 1 is 1.22 bits per heavy atom. The molecule has 1 saturated heterocycles. The Labute approximate surface area is 115 Å². The minimum atomic E-state index is -0.221. The first-order chi connectivity index (χ1) is 8.31. The topological polar surface area (TPSA) is 9.23 Å². The van der Waals surface area contributed by atoms with E-state index in [0.717, 1.165) is 19.4 Å². The zero-order valence-electron chi connectivity index (χ0n) is 11.8. The molecule has 18 heavy (non-hydrogen) atoms. The molecule has 0 amide bonds. The second kappa shape index (κ2) is 4.86. The predicted octanol–water partition coefficient (Wildman–Crippen LogP) is 4.62. The summed E-state index contributed by atoms with van der Waals surface area (Å²) in [5.41, 5.74) is 2.57. The van der Waals surface area contributed by atoms with Crippen molar-refractivity contribution in [2.24, 2.45) is 0 Å². The van der Waals surface area contributed by atoms with Crippen LogP contribution >= 0.6 is 11.6 Å². The van der Waals surface area contributed by atoms with Gasteiger partial charge in [0.1, 0.15) is 0 Å². The van der Waals surface area contributed by atoms with Crippen LogP contribution in [-0.4, -0.2) is 12.0 Å². The normalized spacial score (nSPS) is 29.3. The third-order valence-corrected chi connectivity index (χ3v) is 4.20. The molecule has 1 aliphatic heterocycles. The Balaban J connectivity index is 2.23. The van der Waals surface area contributed by atoms with E-state index in [4.69, 9.17) is 16.3 Å². The van der Waals surface area contributed by atoms with Crippen molar-refractivity contribution in [3.63, 3.8) is 0 Å². The molecule has 0 aromatic heterocycles. The van der Waals surface area contributed by atoms with Gasteiger partial charge >= 0.3 is 0 Å². The van der Waals surface area contributed by atoms with Crippen LogP contribution in [0.1, 0.15) is 51.7 Å². The van der Waals surface area contributed by atoms with Crippen molar-refractivity contribution < 1.29 is 4.74 Å². The molecule has 1 aromatic rings. The molecular formula is C16H23ClO. The van der Waals surface area contributed by atoms with Gasteiger partial charge in [0.2, 0.25) is 0 Å². The van der Waals surface area contributed by atoms with Crippen molar-refractivity contribution in [2.75, 3.05) is 6.61 Å². The highest BCUT2D eigenvalue weighted by Crippen LogP contribution is 2.37. The maximum absolute atomic E-state index is 6.27. The fourth-order valence-electron chi connectivity index (χ4n) is 2.52. The second-order valence-corrected chi connectivity index (χ2v) is 7.11. The number of halogens is 1. The molecule has 2 atom stereocenters. The Bertz CT molecular complexity index is 404. The van der Waals surface area contributed by atoms with Crippen LogP contribution in [0.2, 0.25) is 0 Å². The van der Waals surface area contributed by atoms with Crippen LogP contribution in [0.3, 0.4) is 0 Å². The van der Waals surface area contributed by atoms with Gasteiger partial charge in [0, 0.05) is 12.0 Å². The quantitative estimate of drug-likeness (QED) is 0.674. The number of ether oxygens (including phenoxy) is 1. The summed E-state index contributed by atoms with van der Waals surface area (Å²) in [5, 5.41) is 0.228. The summed E-state index contributed by atoms with van der Waals surface area (Å²) < 4.78 is 5.96. The van der Waals surface area contributed by atoms with Crippen LogP contribution in [0.5, 0.6) is 0 Å². The van der Waals surface area contributed by atoms with Gasteiger partial charge in [0.25, 0.3) is 0 Å². The van der Waals surface area contributed by atoms with Crippen molar-refractivity contribution in [2.45, 2.75) is 56.9 Å². The molecule has 2 unspecified atom stereocenters. The van der Waals surface area contributed by atoms with Crippen LogP contribution in [0.4, 0.5) is 0 Å². The van der Waals surface area contributed by atoms with Crippen LogP contribution in [-0.2, 0) is 15.8 Å². The summed E-state index contributed by atoms with van der Waals surface area (Å²) in [4.78, 5) is 0. The average molecular weight is 267 g/mol. The van der Waals surface area contributed by atoms with E-state index < -0.39 is 0 Å². The summed E-state index contributed by atoms with van der Waals surface area (Å²) >= 11 is 6.27. The monoisotopic (exact) mass is 266 g/mol. The highest BCUT2D eigenvalue weighted by Gasteiger charge is 2.34. The van der Waals surface area contributed by atoms with E-state index in [9.17, 15) is 0 Å². The fourth-order valence-corrected chi connectivity index (χ4v) is 2.90. The minimum Gasteiger partial charge on any atom is -0.370 e. The Hall–Kier alpha value is -0.530. The third-order valence-electron chi connectivity index (χ3n) is 3.82. The molecule has 100 valence electrons. The lowest BCUT2D eigenvalue weighted by atomic mass is 9.83. The summed E-state index contributed by atoms with van der Waals surface area (Å²) in [6.07, 6.45) is 1.85. The molecule has 2 rings (SSSR count). The minimum absolute atomic E-state index is 0.196. The molecular weight excluding hydrogens is 244 g/mol. The third kappa shape index (κ3) is 2.89. The zero-order chi connectivity index (χ0) is 13.4. The van der Waals surface area contributed by atoms with Gasteiger partial charge in [0.05, 0.1) is 5.60 Å². The summed E-state index contributed by atoms with van der Waals surface area (Å²) in [6, 6.07) is 8.80. The maximum Gasteiger partial charge on any atom is 0.0917 e. The summed E-state index contributed by atoms with van der Waals surface area (Å²) in [6.45, 7) is 9.60. The Morgan fingerprint density at radius 2 is 1.83 bits per heavy atom. The van der Waals surface area contributed by atoms with E-state index >= 15 is 0 Å². The number of benzene rings is 1. The first-order valence-corrected chi connectivity index (χ1v) is 7.14. The smallest absolute Gasteiger partial charge is 0.0917 e. The number of hydrogen-bond donors (Lipinski definition) is 0. The SMILES string of the molecule is CC(C)(C)c1ccc(C2(C)CC(Cl)CCO2)cc1. The van der Waals surface area contributed by atoms with E-state index in [1.807, 2.05) is 0 Å². The van der Waals surface area contributed by atoms with E-state index in [0.29, 0.717) is 0 Å². The van der Waals surface area contributed by atoms with Gasteiger partial charge in [0.15, 0.2) is 0 Å². The molecule has 0 radical (unpaired) electrons. The molecule has 1 fully saturated rings. The number of rotatable bonds is 1. The lowest BCUT2D eigenvalue weighted by Gasteiger charge is -2.37. The van der Waals surface area contributed by atoms with E-state index in [1.54, 1.807) is 0 Å². The van der Waals surface area contributed by atoms with E-state index in [2.05, 4.69) is 52.0 Å². The van der Waals surface area contributed by atoms with Gasteiger partial charge in [-0.2, -0.15) is 0 Å². The van der Waals surface area contributed by atoms with Gasteiger partial charge in [-0.15, -0.1) is 11.6 Å². The second-order valence-electron chi connectivity index (χ2n) is 6.50. The molecule has 1 aromatic carbocycles. The maximum atomic E-state index is 6.27. The standard InChI is InChI=1S/C16H23ClO/c1-15(2,3)12-5-7-13(8-6-12)16(4)11-14(17)9-10-18-16/h5-8,14H,9-11H2,1-4H3. The van der Waals surface area contributed by atoms with Crippen LogP contribution in [0.25, 0.3) is 0 Å². The number of hydrogen-bond acceptors (Lipinski definition) is 1. The molecule has 0 N–H and O–H groups in total. The lowest BCUT2D eigenvalue weighted by Crippen LogP contribution is -2.35. The molecule has 0 saturated carbocycles. The first kappa shape index (κ1) is 13.9. The number of alkyl halides is 1. The van der Waals surface area contributed by atoms with Gasteiger partial charge in [-0.05, 0) is 36.3 Å². The molecule has 1 aliphatic rings. The van der Waals surface area contributed by atoms with E-state index in [1.165, 1.54) is 11.1 Å². The predicted molar refractivity (Wildman–Crippen MR) is 77.3 cm³/mol. The Kier molecular flexibility index (Phi) is 3.75. The average Bonchev–Trinajstić information content (AvgIpc) is 2.28. The molecule has 2 heteroatoms. The van der Waals surface area contributed by atoms with E-state index in [-0.39, 0.29) is 16.4 Å². The van der Waals surface area contributed by atoms with Crippen LogP contribution < -0.4 is 0 Å². The highest BCUT2D eigenvalue weighted by atomic mass is 35.5. The zero-order valence-corrected chi connectivity index (χ0v) is 12.6. The first-order valence-electron chi connectivity index (χ1n) is 6.70. The van der Waals surface area contributed by atoms with Crippen molar-refractivity contribution in [1.29, 1.82) is 0 Å². The summed E-state index contributed by atoms with van der Waals surface area (Å²) in [5.74, 6) is 0. The van der Waals surface area contributed by atoms with Crippen molar-refractivity contribution in [1.82, 2.24) is 0 Å². The van der Waals surface area contributed by atoms with Gasteiger partial charge < -0.3 is 4.74 Å². The van der Waals surface area contributed by atoms with Gasteiger partial charge in [-0.3, -0.25) is 0 Å². The lowest BCUT2D eigenvalue weighted by molar-refractivity contribution is -0.0684. The molecule has 1 heterocycles. The molecule has 1 nitrogen and oxygen atoms in total. The largest absolute Gasteiger partial charge is 0.370 e. The van der Waals surface area contributed by atoms with Gasteiger partial charge in [-0.1, -0.05) is 45.0 Å². The van der Waals surface area contributed by atoms with Crippen LogP contribution in [0.15, 0.2) is 24.3 Å². The van der Waals surface area contributed by atoms with Crippen molar-refractivity contribution >= 4 is 11.6 Å². The molecule has 0 spiro atoms.